The van der Waals surface area contributed by atoms with Crippen LogP contribution in [0.4, 0.5) is 0 Å². The third-order valence-corrected chi connectivity index (χ3v) is 4.15. The fraction of sp³-hybridized carbons (Fsp3) is 0.421. The summed E-state index contributed by atoms with van der Waals surface area (Å²) in [7, 11) is 2.94. The first kappa shape index (κ1) is 21.5. The molecule has 152 valence electrons. The van der Waals surface area contributed by atoms with Gasteiger partial charge in [-0.3, -0.25) is 14.3 Å². The molecule has 1 unspecified atom stereocenters. The van der Waals surface area contributed by atoms with Gasteiger partial charge in [-0.25, -0.2) is 9.59 Å². The Morgan fingerprint density at radius 2 is 1.89 bits per heavy atom. The normalized spacial score (nSPS) is 14.2. The second kappa shape index (κ2) is 9.98. The molecule has 2 atom stereocenters. The Kier molecular flexibility index (Phi) is 7.68. The topological polar surface area (TPSA) is 109 Å². The first-order valence-corrected chi connectivity index (χ1v) is 8.70. The predicted octanol–water partition coefficient (Wildman–Crippen LogP) is 1.31. The lowest BCUT2D eigenvalue weighted by molar-refractivity contribution is -0.287. The lowest BCUT2D eigenvalue weighted by Gasteiger charge is -2.34. The van der Waals surface area contributed by atoms with E-state index < -0.39 is 29.2 Å². The first-order chi connectivity index (χ1) is 13.4. The molecule has 1 aromatic carbocycles. The lowest BCUT2D eigenvalue weighted by Crippen LogP contribution is -2.45. The van der Waals surface area contributed by atoms with Crippen LogP contribution in [0.5, 0.6) is 0 Å². The van der Waals surface area contributed by atoms with Gasteiger partial charge in [0.05, 0.1) is 5.56 Å². The van der Waals surface area contributed by atoms with E-state index in [0.717, 1.165) is 4.57 Å². The van der Waals surface area contributed by atoms with Crippen LogP contribution >= 0.6 is 0 Å². The number of nitrogens with one attached hydrogen (secondary N) is 1. The summed E-state index contributed by atoms with van der Waals surface area (Å²) in [4.78, 5) is 38.0. The highest BCUT2D eigenvalue weighted by Crippen LogP contribution is 2.24. The highest BCUT2D eigenvalue weighted by molar-refractivity contribution is 5.89. The first-order valence-electron chi connectivity index (χ1n) is 8.70. The number of benzene rings is 1. The van der Waals surface area contributed by atoms with Crippen molar-refractivity contribution < 1.29 is 23.7 Å². The van der Waals surface area contributed by atoms with Crippen molar-refractivity contribution in [2.24, 2.45) is 0 Å². The molecule has 1 heterocycles. The van der Waals surface area contributed by atoms with Crippen LogP contribution in [0.15, 0.2) is 52.2 Å². The molecule has 28 heavy (non-hydrogen) atoms. The summed E-state index contributed by atoms with van der Waals surface area (Å²) >= 11 is 0. The van der Waals surface area contributed by atoms with Crippen molar-refractivity contribution in [2.75, 3.05) is 27.4 Å². The Hall–Kier alpha value is -2.75. The molecule has 9 nitrogen and oxygen atoms in total. The van der Waals surface area contributed by atoms with Crippen molar-refractivity contribution in [1.82, 2.24) is 9.55 Å². The molecule has 0 bridgehead atoms. The van der Waals surface area contributed by atoms with Gasteiger partial charge in [0.15, 0.2) is 12.0 Å². The van der Waals surface area contributed by atoms with Crippen LogP contribution in [0.1, 0.15) is 29.9 Å². The van der Waals surface area contributed by atoms with Crippen LogP contribution in [-0.4, -0.2) is 48.7 Å². The fourth-order valence-electron chi connectivity index (χ4n) is 2.57. The molecule has 0 aliphatic carbocycles. The molecule has 1 aromatic heterocycles. The maximum absolute atomic E-state index is 12.3. The summed E-state index contributed by atoms with van der Waals surface area (Å²) in [6.07, 6.45) is 0.621. The van der Waals surface area contributed by atoms with Crippen molar-refractivity contribution in [1.29, 1.82) is 0 Å². The summed E-state index contributed by atoms with van der Waals surface area (Å²) in [5.74, 6) is -1.74. The number of rotatable bonds is 10. The number of hydrogen-bond donors (Lipinski definition) is 1. The molecule has 0 amide bonds. The van der Waals surface area contributed by atoms with Crippen LogP contribution in [-0.2, 0) is 18.9 Å². The van der Waals surface area contributed by atoms with Crippen LogP contribution < -0.4 is 11.2 Å². The van der Waals surface area contributed by atoms with E-state index in [1.165, 1.54) is 26.5 Å². The number of methoxy groups -OCH3 is 2. The van der Waals surface area contributed by atoms with Crippen LogP contribution in [0.25, 0.3) is 0 Å². The Morgan fingerprint density at radius 1 is 1.18 bits per heavy atom. The maximum atomic E-state index is 12.3. The van der Waals surface area contributed by atoms with E-state index in [2.05, 4.69) is 4.98 Å². The van der Waals surface area contributed by atoms with Gasteiger partial charge in [-0.2, -0.15) is 0 Å². The van der Waals surface area contributed by atoms with Gasteiger partial charge in [0.25, 0.3) is 5.56 Å². The summed E-state index contributed by atoms with van der Waals surface area (Å²) in [6.45, 7) is 1.63. The standard InChI is InChI=1S/C19H24N2O7/c1-4-19(26-3,13-25-2)28-16(21-11-10-15(22)20-18(21)24)12-27-17(23)14-8-6-5-7-9-14/h5-11,16H,4,12-13H2,1-3H3,(H,20,22,24)/t16?,19-/m0/s1. The number of esters is 1. The molecule has 1 N–H and O–H groups in total. The highest BCUT2D eigenvalue weighted by Gasteiger charge is 2.34. The van der Waals surface area contributed by atoms with E-state index >= 15 is 0 Å². The predicted molar refractivity (Wildman–Crippen MR) is 100 cm³/mol. The summed E-state index contributed by atoms with van der Waals surface area (Å²) < 4.78 is 23.1. The zero-order chi connectivity index (χ0) is 20.6. The molecule has 0 aliphatic rings. The number of H-pyrrole nitrogens is 1. The highest BCUT2D eigenvalue weighted by atomic mass is 16.7. The molecule has 2 aromatic rings. The molecule has 0 saturated carbocycles. The maximum Gasteiger partial charge on any atom is 0.338 e. The third-order valence-electron chi connectivity index (χ3n) is 4.15. The van der Waals surface area contributed by atoms with Gasteiger partial charge in [0.1, 0.15) is 13.2 Å². The number of hydrogen-bond acceptors (Lipinski definition) is 7. The van der Waals surface area contributed by atoms with Crippen molar-refractivity contribution in [3.8, 4) is 0 Å². The van der Waals surface area contributed by atoms with E-state index in [0.29, 0.717) is 12.0 Å². The van der Waals surface area contributed by atoms with Crippen molar-refractivity contribution in [2.45, 2.75) is 25.4 Å². The SMILES string of the molecule is CC[C@](COC)(OC)OC(COC(=O)c1ccccc1)n1ccc(=O)[nH]c1=O. The zero-order valence-corrected chi connectivity index (χ0v) is 16.0. The molecular weight excluding hydrogens is 368 g/mol. The molecular formula is C19H24N2O7. The van der Waals surface area contributed by atoms with Gasteiger partial charge in [-0.15, -0.1) is 0 Å². The molecule has 0 radical (unpaired) electrons. The molecule has 9 heteroatoms. The molecule has 0 fully saturated rings. The van der Waals surface area contributed by atoms with Gasteiger partial charge in [-0.05, 0) is 12.1 Å². The van der Waals surface area contributed by atoms with Crippen LogP contribution in [0.2, 0.25) is 0 Å². The fourth-order valence-corrected chi connectivity index (χ4v) is 2.57. The minimum Gasteiger partial charge on any atom is -0.457 e. The van der Waals surface area contributed by atoms with Crippen LogP contribution in [0.3, 0.4) is 0 Å². The van der Waals surface area contributed by atoms with E-state index in [9.17, 15) is 14.4 Å². The Bertz CT molecular complexity index is 872. The Morgan fingerprint density at radius 3 is 2.46 bits per heavy atom. The summed E-state index contributed by atoms with van der Waals surface area (Å²) in [6, 6.07) is 9.60. The molecule has 0 spiro atoms. The minimum absolute atomic E-state index is 0.0846. The Balaban J connectivity index is 2.29. The van der Waals surface area contributed by atoms with E-state index in [4.69, 9.17) is 18.9 Å². The number of nitrogens with zero attached hydrogens (tertiary/aromatic N) is 1. The van der Waals surface area contributed by atoms with E-state index in [-0.39, 0.29) is 13.2 Å². The average Bonchev–Trinajstić information content (AvgIpc) is 2.71. The summed E-state index contributed by atoms with van der Waals surface area (Å²) in [5.41, 5.74) is -0.890. The number of carbonyl (C=O) groups is 1. The number of carbonyl (C=O) groups excluding carboxylic acids is 1. The van der Waals surface area contributed by atoms with Crippen LogP contribution in [0, 0.1) is 0 Å². The van der Waals surface area contributed by atoms with Crippen molar-refractivity contribution in [3.05, 3.63) is 69.0 Å². The number of ether oxygens (including phenoxy) is 4. The molecule has 0 aliphatic heterocycles. The quantitative estimate of drug-likeness (QED) is 0.480. The zero-order valence-electron chi connectivity index (χ0n) is 16.0. The van der Waals surface area contributed by atoms with Crippen molar-refractivity contribution >= 4 is 5.97 Å². The molecule has 2 rings (SSSR count). The Labute approximate surface area is 161 Å². The second-order valence-electron chi connectivity index (χ2n) is 5.96. The number of aromatic amines is 1. The third kappa shape index (κ3) is 5.38. The minimum atomic E-state index is -1.17. The van der Waals surface area contributed by atoms with Crippen molar-refractivity contribution in [3.63, 3.8) is 0 Å². The number of aromatic nitrogens is 2. The molecule has 0 saturated heterocycles. The smallest absolute Gasteiger partial charge is 0.338 e. The van der Waals surface area contributed by atoms with Gasteiger partial charge in [-0.1, -0.05) is 25.1 Å². The van der Waals surface area contributed by atoms with Gasteiger partial charge in [0, 0.05) is 32.9 Å². The van der Waals surface area contributed by atoms with E-state index in [1.54, 1.807) is 30.3 Å². The lowest BCUT2D eigenvalue weighted by atomic mass is 10.2. The summed E-state index contributed by atoms with van der Waals surface area (Å²) in [5, 5.41) is 0. The second-order valence-corrected chi connectivity index (χ2v) is 5.96. The van der Waals surface area contributed by atoms with Gasteiger partial charge >= 0.3 is 11.7 Å². The van der Waals surface area contributed by atoms with Gasteiger partial charge < -0.3 is 18.9 Å². The van der Waals surface area contributed by atoms with E-state index in [1.807, 2.05) is 6.92 Å². The largest absolute Gasteiger partial charge is 0.457 e. The van der Waals surface area contributed by atoms with Gasteiger partial charge in [0.2, 0.25) is 0 Å². The average molecular weight is 392 g/mol. The monoisotopic (exact) mass is 392 g/mol.